The lowest BCUT2D eigenvalue weighted by molar-refractivity contribution is -0.137. The van der Waals surface area contributed by atoms with Crippen LogP contribution in [-0.4, -0.2) is 14.6 Å². The molecule has 0 amide bonds. The fourth-order valence-corrected chi connectivity index (χ4v) is 1.83. The predicted molar refractivity (Wildman–Crippen MR) is 67.8 cm³/mol. The first-order valence-corrected chi connectivity index (χ1v) is 5.73. The molecule has 0 aliphatic rings. The number of anilines is 1. The zero-order chi connectivity index (χ0) is 14.3. The van der Waals surface area contributed by atoms with Crippen LogP contribution in [0.25, 0.3) is 17.0 Å². The van der Waals surface area contributed by atoms with Crippen LogP contribution < -0.4 is 5.73 Å². The maximum atomic E-state index is 12.5. The van der Waals surface area contributed by atoms with Crippen LogP contribution in [0, 0.1) is 0 Å². The molecule has 0 saturated carbocycles. The fourth-order valence-electron chi connectivity index (χ4n) is 1.83. The Morgan fingerprint density at radius 3 is 2.35 bits per heavy atom. The van der Waals surface area contributed by atoms with Crippen molar-refractivity contribution in [1.29, 1.82) is 0 Å². The third-order valence-corrected chi connectivity index (χ3v) is 2.82. The number of benzene rings is 1. The molecule has 3 rings (SSSR count). The molecule has 0 spiro atoms. The SMILES string of the molecule is Nc1ccc2nc(-c3ccc(C(F)(F)F)cc3)nn2c1. The van der Waals surface area contributed by atoms with Crippen LogP contribution in [0.15, 0.2) is 42.6 Å². The van der Waals surface area contributed by atoms with E-state index in [0.29, 0.717) is 22.7 Å². The number of halogens is 3. The summed E-state index contributed by atoms with van der Waals surface area (Å²) in [5, 5.41) is 4.18. The molecule has 20 heavy (non-hydrogen) atoms. The van der Waals surface area contributed by atoms with E-state index in [-0.39, 0.29) is 0 Å². The smallest absolute Gasteiger partial charge is 0.397 e. The first-order chi connectivity index (χ1) is 9.43. The second-order valence-corrected chi connectivity index (χ2v) is 4.28. The van der Waals surface area contributed by atoms with Crippen molar-refractivity contribution < 1.29 is 13.2 Å². The van der Waals surface area contributed by atoms with Gasteiger partial charge in [0.05, 0.1) is 17.4 Å². The highest BCUT2D eigenvalue weighted by atomic mass is 19.4. The number of hydrogen-bond donors (Lipinski definition) is 1. The highest BCUT2D eigenvalue weighted by Gasteiger charge is 2.30. The van der Waals surface area contributed by atoms with Gasteiger partial charge in [-0.1, -0.05) is 12.1 Å². The monoisotopic (exact) mass is 278 g/mol. The van der Waals surface area contributed by atoms with E-state index in [1.165, 1.54) is 16.6 Å². The molecule has 3 aromatic rings. The third kappa shape index (κ3) is 2.18. The number of nitrogen functional groups attached to an aromatic ring is 1. The average molecular weight is 278 g/mol. The summed E-state index contributed by atoms with van der Waals surface area (Å²) >= 11 is 0. The van der Waals surface area contributed by atoms with E-state index < -0.39 is 11.7 Å². The largest absolute Gasteiger partial charge is 0.416 e. The number of rotatable bonds is 1. The van der Waals surface area contributed by atoms with Crippen molar-refractivity contribution in [2.75, 3.05) is 5.73 Å². The quantitative estimate of drug-likeness (QED) is 0.744. The summed E-state index contributed by atoms with van der Waals surface area (Å²) in [4.78, 5) is 4.23. The average Bonchev–Trinajstić information content (AvgIpc) is 2.80. The lowest BCUT2D eigenvalue weighted by atomic mass is 10.1. The first-order valence-electron chi connectivity index (χ1n) is 5.73. The number of pyridine rings is 1. The molecule has 0 saturated heterocycles. The molecule has 0 aliphatic carbocycles. The van der Waals surface area contributed by atoms with Crippen LogP contribution in [0.4, 0.5) is 18.9 Å². The third-order valence-electron chi connectivity index (χ3n) is 2.82. The maximum Gasteiger partial charge on any atom is 0.416 e. The fraction of sp³-hybridized carbons (Fsp3) is 0.0769. The van der Waals surface area contributed by atoms with Crippen LogP contribution in [-0.2, 0) is 6.18 Å². The van der Waals surface area contributed by atoms with Gasteiger partial charge in [-0.3, -0.25) is 0 Å². The Balaban J connectivity index is 2.02. The van der Waals surface area contributed by atoms with Gasteiger partial charge in [-0.2, -0.15) is 13.2 Å². The second kappa shape index (κ2) is 4.22. The molecule has 0 radical (unpaired) electrons. The number of aromatic nitrogens is 3. The zero-order valence-corrected chi connectivity index (χ0v) is 10.1. The Hall–Kier alpha value is -2.57. The summed E-state index contributed by atoms with van der Waals surface area (Å²) in [6, 6.07) is 8.09. The van der Waals surface area contributed by atoms with Gasteiger partial charge < -0.3 is 5.73 Å². The minimum absolute atomic E-state index is 0.351. The summed E-state index contributed by atoms with van der Waals surface area (Å²) in [6.45, 7) is 0. The van der Waals surface area contributed by atoms with Crippen molar-refractivity contribution in [2.45, 2.75) is 6.18 Å². The van der Waals surface area contributed by atoms with Crippen molar-refractivity contribution in [3.05, 3.63) is 48.2 Å². The molecule has 2 aromatic heterocycles. The number of hydrogen-bond acceptors (Lipinski definition) is 3. The normalized spacial score (nSPS) is 11.9. The van der Waals surface area contributed by atoms with Gasteiger partial charge in [-0.15, -0.1) is 5.10 Å². The summed E-state index contributed by atoms with van der Waals surface area (Å²) in [5.74, 6) is 0.351. The highest BCUT2D eigenvalue weighted by Crippen LogP contribution is 2.30. The molecule has 0 bridgehead atoms. The molecule has 7 heteroatoms. The van der Waals surface area contributed by atoms with E-state index in [9.17, 15) is 13.2 Å². The van der Waals surface area contributed by atoms with E-state index in [1.807, 2.05) is 0 Å². The molecule has 102 valence electrons. The van der Waals surface area contributed by atoms with Crippen molar-refractivity contribution in [2.24, 2.45) is 0 Å². The van der Waals surface area contributed by atoms with Crippen molar-refractivity contribution >= 4 is 11.3 Å². The van der Waals surface area contributed by atoms with Gasteiger partial charge in [-0.25, -0.2) is 9.50 Å². The number of alkyl halides is 3. The topological polar surface area (TPSA) is 56.2 Å². The number of nitrogens with zero attached hydrogens (tertiary/aromatic N) is 3. The van der Waals surface area contributed by atoms with Gasteiger partial charge in [0.15, 0.2) is 11.5 Å². The van der Waals surface area contributed by atoms with E-state index >= 15 is 0 Å². The molecular weight excluding hydrogens is 269 g/mol. The van der Waals surface area contributed by atoms with Gasteiger partial charge in [-0.05, 0) is 24.3 Å². The second-order valence-electron chi connectivity index (χ2n) is 4.28. The van der Waals surface area contributed by atoms with E-state index in [2.05, 4.69) is 10.1 Å². The minimum atomic E-state index is -4.35. The summed E-state index contributed by atoms with van der Waals surface area (Å²) < 4.78 is 38.9. The van der Waals surface area contributed by atoms with Crippen LogP contribution in [0.3, 0.4) is 0 Å². The zero-order valence-electron chi connectivity index (χ0n) is 10.1. The first kappa shape index (κ1) is 12.5. The van der Waals surface area contributed by atoms with Crippen LogP contribution >= 0.6 is 0 Å². The Kier molecular flexibility index (Phi) is 2.63. The Morgan fingerprint density at radius 2 is 1.70 bits per heavy atom. The van der Waals surface area contributed by atoms with Crippen LogP contribution in [0.1, 0.15) is 5.56 Å². The van der Waals surface area contributed by atoms with E-state index in [4.69, 9.17) is 5.73 Å². The van der Waals surface area contributed by atoms with Crippen molar-refractivity contribution in [3.8, 4) is 11.4 Å². The summed E-state index contributed by atoms with van der Waals surface area (Å²) in [5.41, 5.74) is 6.55. The Morgan fingerprint density at radius 1 is 1.00 bits per heavy atom. The van der Waals surface area contributed by atoms with Crippen LogP contribution in [0.5, 0.6) is 0 Å². The Labute approximate surface area is 111 Å². The molecule has 2 N–H and O–H groups in total. The standard InChI is InChI=1S/C13H9F3N4/c14-13(15,16)9-3-1-8(2-4-9)12-18-11-6-5-10(17)7-20(11)19-12/h1-7H,17H2. The highest BCUT2D eigenvalue weighted by molar-refractivity contribution is 5.59. The lowest BCUT2D eigenvalue weighted by Crippen LogP contribution is -2.04. The van der Waals surface area contributed by atoms with Crippen molar-refractivity contribution in [1.82, 2.24) is 14.6 Å². The van der Waals surface area contributed by atoms with E-state index in [1.54, 1.807) is 18.3 Å². The van der Waals surface area contributed by atoms with Gasteiger partial charge in [0.1, 0.15) is 0 Å². The van der Waals surface area contributed by atoms with Gasteiger partial charge in [0, 0.05) is 5.56 Å². The number of nitrogens with two attached hydrogens (primary N) is 1. The van der Waals surface area contributed by atoms with Gasteiger partial charge >= 0.3 is 6.18 Å². The Bertz CT molecular complexity index is 759. The maximum absolute atomic E-state index is 12.5. The molecule has 4 nitrogen and oxygen atoms in total. The predicted octanol–water partition coefficient (Wildman–Crippen LogP) is 3.00. The minimum Gasteiger partial charge on any atom is -0.397 e. The van der Waals surface area contributed by atoms with Gasteiger partial charge in [0.25, 0.3) is 0 Å². The molecule has 0 aliphatic heterocycles. The molecule has 0 fully saturated rings. The van der Waals surface area contributed by atoms with Gasteiger partial charge in [0.2, 0.25) is 0 Å². The molecular formula is C13H9F3N4. The molecule has 0 atom stereocenters. The molecule has 0 unspecified atom stereocenters. The molecule has 1 aromatic carbocycles. The lowest BCUT2D eigenvalue weighted by Gasteiger charge is -2.05. The summed E-state index contributed by atoms with van der Waals surface area (Å²) in [7, 11) is 0. The van der Waals surface area contributed by atoms with Crippen LogP contribution in [0.2, 0.25) is 0 Å². The van der Waals surface area contributed by atoms with Crippen molar-refractivity contribution in [3.63, 3.8) is 0 Å². The van der Waals surface area contributed by atoms with E-state index in [0.717, 1.165) is 12.1 Å². The summed E-state index contributed by atoms with van der Waals surface area (Å²) in [6.07, 6.45) is -2.75. The number of fused-ring (bicyclic) bond motifs is 1. The molecule has 2 heterocycles.